The van der Waals surface area contributed by atoms with Crippen LogP contribution in [0.4, 0.5) is 15.8 Å². The Hall–Kier alpha value is -3.80. The number of aromatic hydroxyl groups is 1. The quantitative estimate of drug-likeness (QED) is 0.399. The monoisotopic (exact) mass is 458 g/mol. The molecule has 2 aliphatic rings. The van der Waals surface area contributed by atoms with Crippen LogP contribution in [0.25, 0.3) is 0 Å². The highest BCUT2D eigenvalue weighted by molar-refractivity contribution is 6.01. The summed E-state index contributed by atoms with van der Waals surface area (Å²) >= 11 is 0. The van der Waals surface area contributed by atoms with E-state index in [2.05, 4.69) is 10.6 Å². The Morgan fingerprint density at radius 2 is 1.85 bits per heavy atom. The van der Waals surface area contributed by atoms with Crippen molar-refractivity contribution in [3.8, 4) is 11.5 Å². The van der Waals surface area contributed by atoms with Crippen LogP contribution >= 0.6 is 0 Å². The van der Waals surface area contributed by atoms with E-state index in [-0.39, 0.29) is 29.3 Å². The predicted octanol–water partition coefficient (Wildman–Crippen LogP) is 6.33. The largest absolute Gasteiger partial charge is 0.506 e. The van der Waals surface area contributed by atoms with E-state index < -0.39 is 11.9 Å². The Kier molecular flexibility index (Phi) is 5.52. The van der Waals surface area contributed by atoms with E-state index in [4.69, 9.17) is 4.74 Å². The number of benzene rings is 3. The fraction of sp³-hybridized carbons (Fsp3) is 0.250. The molecule has 0 radical (unpaired) electrons. The number of nitrogens with one attached hydrogen (secondary N) is 2. The molecule has 5 rings (SSSR count). The van der Waals surface area contributed by atoms with Gasteiger partial charge in [0, 0.05) is 17.7 Å². The van der Waals surface area contributed by atoms with Crippen molar-refractivity contribution in [1.29, 1.82) is 0 Å². The van der Waals surface area contributed by atoms with Gasteiger partial charge in [-0.3, -0.25) is 4.79 Å². The lowest BCUT2D eigenvalue weighted by atomic mass is 9.73. The molecule has 174 valence electrons. The van der Waals surface area contributed by atoms with Crippen LogP contribution in [0, 0.1) is 11.2 Å². The number of phenolic OH excluding ortho intramolecular Hbond substituents is 1. The first-order valence-corrected chi connectivity index (χ1v) is 11.4. The minimum atomic E-state index is -0.563. The molecular weight excluding hydrogens is 431 g/mol. The Morgan fingerprint density at radius 3 is 2.62 bits per heavy atom. The van der Waals surface area contributed by atoms with Crippen LogP contribution in [-0.2, 0) is 11.4 Å². The number of anilines is 2. The Morgan fingerprint density at radius 1 is 1.06 bits per heavy atom. The molecule has 3 N–H and O–H groups in total. The molecule has 0 amide bonds. The molecule has 6 heteroatoms. The van der Waals surface area contributed by atoms with Crippen molar-refractivity contribution in [3.05, 3.63) is 94.9 Å². The van der Waals surface area contributed by atoms with E-state index in [1.165, 1.54) is 6.07 Å². The van der Waals surface area contributed by atoms with Gasteiger partial charge in [0.25, 0.3) is 0 Å². The molecule has 3 aromatic rings. The highest BCUT2D eigenvalue weighted by atomic mass is 19.1. The smallest absolute Gasteiger partial charge is 0.165 e. The number of carbonyl (C=O) groups is 1. The zero-order chi connectivity index (χ0) is 23.9. The van der Waals surface area contributed by atoms with Crippen molar-refractivity contribution in [2.75, 3.05) is 10.6 Å². The molecule has 1 atom stereocenters. The van der Waals surface area contributed by atoms with E-state index in [9.17, 15) is 9.90 Å². The zero-order valence-electron chi connectivity index (χ0n) is 19.2. The third-order valence-electron chi connectivity index (χ3n) is 6.35. The van der Waals surface area contributed by atoms with Gasteiger partial charge in [0.1, 0.15) is 18.0 Å². The van der Waals surface area contributed by atoms with Gasteiger partial charge >= 0.3 is 0 Å². The average molecular weight is 459 g/mol. The van der Waals surface area contributed by atoms with Gasteiger partial charge in [-0.2, -0.15) is 0 Å². The summed E-state index contributed by atoms with van der Waals surface area (Å²) < 4.78 is 20.8. The molecular formula is C28H27FN2O3. The van der Waals surface area contributed by atoms with E-state index in [0.29, 0.717) is 35.4 Å². The molecule has 0 bridgehead atoms. The third-order valence-corrected chi connectivity index (χ3v) is 6.35. The molecule has 0 spiro atoms. The molecule has 1 heterocycles. The molecule has 1 aliphatic heterocycles. The first-order valence-electron chi connectivity index (χ1n) is 11.4. The normalized spacial score (nSPS) is 18.8. The minimum Gasteiger partial charge on any atom is -0.506 e. The summed E-state index contributed by atoms with van der Waals surface area (Å²) in [4.78, 5) is 13.3. The van der Waals surface area contributed by atoms with Crippen molar-refractivity contribution in [2.45, 2.75) is 39.3 Å². The topological polar surface area (TPSA) is 70.6 Å². The summed E-state index contributed by atoms with van der Waals surface area (Å²) in [6.45, 7) is 4.36. The van der Waals surface area contributed by atoms with Crippen molar-refractivity contribution >= 4 is 17.2 Å². The van der Waals surface area contributed by atoms with Crippen molar-refractivity contribution in [3.63, 3.8) is 0 Å². The number of Topliss-reactive ketones (excluding diaryl/α,β-unsaturated/α-hetero) is 1. The standard InChI is InChI=1S/C28H27FN2O3/c1-28(2)14-21-25(23(33)15-28)26(30-20-9-6-10-22(32)27(20)31-21)18-11-12-24(19(29)13-18)34-16-17-7-4-3-5-8-17/h3-13,26,30-32H,14-16H2,1-2H3. The number of para-hydroxylation sites is 1. The maximum atomic E-state index is 15.1. The van der Waals surface area contributed by atoms with Gasteiger partial charge in [0.15, 0.2) is 17.3 Å². The Balaban J connectivity index is 1.52. The fourth-order valence-corrected chi connectivity index (χ4v) is 4.75. The Bertz CT molecular complexity index is 1280. The number of fused-ring (bicyclic) bond motifs is 1. The summed E-state index contributed by atoms with van der Waals surface area (Å²) in [7, 11) is 0. The summed E-state index contributed by atoms with van der Waals surface area (Å²) in [5, 5.41) is 17.1. The second-order valence-electron chi connectivity index (χ2n) is 9.70. The number of ether oxygens (including phenoxy) is 1. The third kappa shape index (κ3) is 4.23. The van der Waals surface area contributed by atoms with Gasteiger partial charge in [-0.15, -0.1) is 0 Å². The number of hydrogen-bond donors (Lipinski definition) is 3. The second kappa shape index (κ2) is 8.52. The number of halogens is 1. The van der Waals surface area contributed by atoms with Gasteiger partial charge in [0.05, 0.1) is 11.7 Å². The molecule has 3 aromatic carbocycles. The molecule has 0 saturated carbocycles. The predicted molar refractivity (Wildman–Crippen MR) is 130 cm³/mol. The van der Waals surface area contributed by atoms with Gasteiger partial charge < -0.3 is 20.5 Å². The number of allylic oxidation sites excluding steroid dienone is 1. The second-order valence-corrected chi connectivity index (χ2v) is 9.70. The number of hydrogen-bond acceptors (Lipinski definition) is 5. The molecule has 34 heavy (non-hydrogen) atoms. The van der Waals surface area contributed by atoms with Gasteiger partial charge in [-0.25, -0.2) is 4.39 Å². The summed E-state index contributed by atoms with van der Waals surface area (Å²) in [5.74, 6) is -0.241. The van der Waals surface area contributed by atoms with Crippen LogP contribution in [0.2, 0.25) is 0 Å². The number of phenols is 1. The van der Waals surface area contributed by atoms with Crippen LogP contribution in [0.15, 0.2) is 78.0 Å². The first-order chi connectivity index (χ1) is 16.3. The Labute approximate surface area is 198 Å². The summed E-state index contributed by atoms with van der Waals surface area (Å²) in [6, 6.07) is 19.0. The van der Waals surface area contributed by atoms with Gasteiger partial charge in [0.2, 0.25) is 0 Å². The highest BCUT2D eigenvalue weighted by Crippen LogP contribution is 2.47. The number of ketones is 1. The number of rotatable bonds is 4. The van der Waals surface area contributed by atoms with Crippen LogP contribution in [0.1, 0.15) is 43.9 Å². The SMILES string of the molecule is CC1(C)CC(=O)C2=C(C1)Nc1c(O)cccc1NC2c1ccc(OCc2ccccc2)c(F)c1. The van der Waals surface area contributed by atoms with Crippen molar-refractivity contribution in [1.82, 2.24) is 0 Å². The molecule has 1 aliphatic carbocycles. The highest BCUT2D eigenvalue weighted by Gasteiger charge is 2.39. The van der Waals surface area contributed by atoms with Gasteiger partial charge in [-0.05, 0) is 47.2 Å². The first kappa shape index (κ1) is 22.0. The maximum absolute atomic E-state index is 15.1. The van der Waals surface area contributed by atoms with Gasteiger partial charge in [-0.1, -0.05) is 56.3 Å². The summed E-state index contributed by atoms with van der Waals surface area (Å²) in [6.07, 6.45) is 1.04. The molecule has 0 saturated heterocycles. The lowest BCUT2D eigenvalue weighted by Crippen LogP contribution is -2.31. The van der Waals surface area contributed by atoms with E-state index >= 15 is 4.39 Å². The molecule has 0 aromatic heterocycles. The summed E-state index contributed by atoms with van der Waals surface area (Å²) in [5.41, 5.74) is 3.84. The van der Waals surface area contributed by atoms with Crippen molar-refractivity contribution < 1.29 is 19.0 Å². The molecule has 1 unspecified atom stereocenters. The zero-order valence-corrected chi connectivity index (χ0v) is 19.2. The average Bonchev–Trinajstić information content (AvgIpc) is 2.96. The lowest BCUT2D eigenvalue weighted by Gasteiger charge is -2.34. The van der Waals surface area contributed by atoms with E-state index in [1.807, 2.05) is 50.2 Å². The maximum Gasteiger partial charge on any atom is 0.165 e. The lowest BCUT2D eigenvalue weighted by molar-refractivity contribution is -0.118. The fourth-order valence-electron chi connectivity index (χ4n) is 4.75. The minimum absolute atomic E-state index is 0.00774. The van der Waals surface area contributed by atoms with Crippen LogP contribution in [0.3, 0.4) is 0 Å². The van der Waals surface area contributed by atoms with Crippen LogP contribution < -0.4 is 15.4 Å². The van der Waals surface area contributed by atoms with Crippen LogP contribution in [0.5, 0.6) is 11.5 Å². The molecule has 0 fully saturated rings. The molecule has 5 nitrogen and oxygen atoms in total. The van der Waals surface area contributed by atoms with E-state index in [0.717, 1.165) is 11.3 Å². The van der Waals surface area contributed by atoms with Crippen LogP contribution in [-0.4, -0.2) is 10.9 Å². The number of carbonyl (C=O) groups excluding carboxylic acids is 1. The van der Waals surface area contributed by atoms with Crippen molar-refractivity contribution in [2.24, 2.45) is 5.41 Å². The van der Waals surface area contributed by atoms with E-state index in [1.54, 1.807) is 24.3 Å².